The maximum Gasteiger partial charge on any atom is 0.129 e. The van der Waals surface area contributed by atoms with Gasteiger partial charge in [0.2, 0.25) is 0 Å². The van der Waals surface area contributed by atoms with Crippen LogP contribution in [0, 0.1) is 0 Å². The average Bonchev–Trinajstić information content (AvgIpc) is 2.39. The van der Waals surface area contributed by atoms with Crippen molar-refractivity contribution in [3.63, 3.8) is 0 Å². The highest BCUT2D eigenvalue weighted by molar-refractivity contribution is 7.80. The van der Waals surface area contributed by atoms with Gasteiger partial charge in [0.15, 0.2) is 0 Å². The van der Waals surface area contributed by atoms with E-state index in [1.54, 1.807) is 12.3 Å². The van der Waals surface area contributed by atoms with Gasteiger partial charge in [0.1, 0.15) is 10.8 Å². The number of thiocarbonyl (C=S) groups is 1. The maximum atomic E-state index is 9.30. The number of aromatic nitrogens is 1. The molecule has 0 amide bonds. The Bertz CT molecular complexity index is 413. The number of rotatable bonds is 3. The van der Waals surface area contributed by atoms with Crippen molar-refractivity contribution in [2.45, 2.75) is 6.04 Å². The van der Waals surface area contributed by atoms with E-state index in [1.165, 1.54) is 0 Å². The molecular weight excluding hydrogens is 238 g/mol. The monoisotopic (exact) mass is 253 g/mol. The average molecular weight is 253 g/mol. The van der Waals surface area contributed by atoms with Crippen molar-refractivity contribution in [2.75, 3.05) is 31.3 Å². The van der Waals surface area contributed by atoms with Gasteiger partial charge < -0.3 is 20.5 Å². The molecule has 1 aliphatic rings. The van der Waals surface area contributed by atoms with Crippen LogP contribution < -0.4 is 10.6 Å². The normalized spacial score (nSPS) is 20.3. The van der Waals surface area contributed by atoms with Crippen molar-refractivity contribution in [2.24, 2.45) is 5.73 Å². The van der Waals surface area contributed by atoms with E-state index in [0.717, 1.165) is 11.4 Å². The van der Waals surface area contributed by atoms with Gasteiger partial charge in [-0.15, -0.1) is 0 Å². The Kier molecular flexibility index (Phi) is 3.88. The van der Waals surface area contributed by atoms with Crippen LogP contribution in [0.25, 0.3) is 0 Å². The summed E-state index contributed by atoms with van der Waals surface area (Å²) in [5.74, 6) is 0.776. The lowest BCUT2D eigenvalue weighted by Crippen LogP contribution is -2.48. The zero-order valence-electron chi connectivity index (χ0n) is 9.37. The van der Waals surface area contributed by atoms with Gasteiger partial charge in [-0.1, -0.05) is 12.2 Å². The van der Waals surface area contributed by atoms with Crippen LogP contribution in [0.5, 0.6) is 0 Å². The lowest BCUT2D eigenvalue weighted by Gasteiger charge is -2.35. The highest BCUT2D eigenvalue weighted by atomic mass is 32.1. The summed E-state index contributed by atoms with van der Waals surface area (Å²) in [6, 6.07) is 3.56. The van der Waals surface area contributed by atoms with Crippen molar-refractivity contribution in [3.05, 3.63) is 23.9 Å². The lowest BCUT2D eigenvalue weighted by molar-refractivity contribution is 0.0723. The predicted molar refractivity (Wildman–Crippen MR) is 69.2 cm³/mol. The molecule has 0 radical (unpaired) electrons. The number of aliphatic hydroxyl groups excluding tert-OH is 1. The first-order valence-electron chi connectivity index (χ1n) is 5.43. The molecule has 1 aromatic rings. The van der Waals surface area contributed by atoms with E-state index in [2.05, 4.69) is 4.98 Å². The maximum absolute atomic E-state index is 9.30. The minimum absolute atomic E-state index is 0.0407. The lowest BCUT2D eigenvalue weighted by atomic mass is 10.2. The Morgan fingerprint density at radius 2 is 2.53 bits per heavy atom. The molecular formula is C11H15N3O2S. The van der Waals surface area contributed by atoms with Crippen LogP contribution in [-0.4, -0.2) is 47.5 Å². The topological polar surface area (TPSA) is 71.6 Å². The second-order valence-electron chi connectivity index (χ2n) is 3.87. The Morgan fingerprint density at radius 1 is 1.71 bits per heavy atom. The number of ether oxygens (including phenoxy) is 1. The highest BCUT2D eigenvalue weighted by Crippen LogP contribution is 2.18. The SMILES string of the molecule is NC(=S)c1ccnc(N2CCOCC2CO)c1. The van der Waals surface area contributed by atoms with Crippen molar-refractivity contribution in [1.29, 1.82) is 0 Å². The van der Waals surface area contributed by atoms with E-state index in [9.17, 15) is 5.11 Å². The van der Waals surface area contributed by atoms with E-state index < -0.39 is 0 Å². The number of hydrogen-bond acceptors (Lipinski definition) is 5. The Morgan fingerprint density at radius 3 is 3.24 bits per heavy atom. The van der Waals surface area contributed by atoms with Crippen molar-refractivity contribution >= 4 is 23.0 Å². The largest absolute Gasteiger partial charge is 0.394 e. The molecule has 2 rings (SSSR count). The van der Waals surface area contributed by atoms with Crippen LogP contribution >= 0.6 is 12.2 Å². The molecule has 1 unspecified atom stereocenters. The molecule has 0 aromatic carbocycles. The van der Waals surface area contributed by atoms with E-state index in [1.807, 2.05) is 11.0 Å². The summed E-state index contributed by atoms with van der Waals surface area (Å²) in [4.78, 5) is 6.66. The van der Waals surface area contributed by atoms with Crippen molar-refractivity contribution in [3.8, 4) is 0 Å². The van der Waals surface area contributed by atoms with Crippen LogP contribution in [0.4, 0.5) is 5.82 Å². The van der Waals surface area contributed by atoms with E-state index in [4.69, 9.17) is 22.7 Å². The molecule has 2 heterocycles. The smallest absolute Gasteiger partial charge is 0.129 e. The number of anilines is 1. The third kappa shape index (κ3) is 2.71. The first kappa shape index (κ1) is 12.2. The van der Waals surface area contributed by atoms with Gasteiger partial charge in [-0.2, -0.15) is 0 Å². The fourth-order valence-corrected chi connectivity index (χ4v) is 1.96. The Hall–Kier alpha value is -1.24. The molecule has 0 bridgehead atoms. The van der Waals surface area contributed by atoms with Crippen molar-refractivity contribution in [1.82, 2.24) is 4.98 Å². The third-order valence-electron chi connectivity index (χ3n) is 2.76. The first-order valence-corrected chi connectivity index (χ1v) is 5.84. The summed E-state index contributed by atoms with van der Waals surface area (Å²) < 4.78 is 5.32. The summed E-state index contributed by atoms with van der Waals surface area (Å²) in [5, 5.41) is 9.30. The molecule has 0 saturated carbocycles. The van der Waals surface area contributed by atoms with Crippen LogP contribution in [0.1, 0.15) is 5.56 Å². The number of morpholine rings is 1. The first-order chi connectivity index (χ1) is 8.22. The van der Waals surface area contributed by atoms with Gasteiger partial charge in [0.05, 0.1) is 25.9 Å². The molecule has 1 aromatic heterocycles. The molecule has 6 heteroatoms. The van der Waals surface area contributed by atoms with Crippen LogP contribution in [0.15, 0.2) is 18.3 Å². The fraction of sp³-hybridized carbons (Fsp3) is 0.455. The quantitative estimate of drug-likeness (QED) is 0.734. The molecule has 17 heavy (non-hydrogen) atoms. The summed E-state index contributed by atoms with van der Waals surface area (Å²) >= 11 is 4.94. The molecule has 1 saturated heterocycles. The number of nitrogens with zero attached hydrogens (tertiary/aromatic N) is 2. The molecule has 0 spiro atoms. The molecule has 3 N–H and O–H groups in total. The standard InChI is InChI=1S/C11H15N3O2S/c12-11(17)8-1-2-13-10(5-8)14-3-4-16-7-9(14)6-15/h1-2,5,9,15H,3-4,6-7H2,(H2,12,17). The highest BCUT2D eigenvalue weighted by Gasteiger charge is 2.23. The molecule has 1 fully saturated rings. The predicted octanol–water partition coefficient (Wildman–Crippen LogP) is -0.0867. The van der Waals surface area contributed by atoms with Gasteiger partial charge in [-0.05, 0) is 12.1 Å². The fourth-order valence-electron chi connectivity index (χ4n) is 1.84. The Balaban J connectivity index is 2.25. The van der Waals surface area contributed by atoms with E-state index >= 15 is 0 Å². The Labute approximate surface area is 105 Å². The zero-order chi connectivity index (χ0) is 12.3. The van der Waals surface area contributed by atoms with Gasteiger partial charge >= 0.3 is 0 Å². The number of nitrogens with two attached hydrogens (primary N) is 1. The van der Waals surface area contributed by atoms with Gasteiger partial charge in [-0.3, -0.25) is 0 Å². The third-order valence-corrected chi connectivity index (χ3v) is 3.00. The number of pyridine rings is 1. The molecule has 0 aliphatic carbocycles. The van der Waals surface area contributed by atoms with Gasteiger partial charge in [0, 0.05) is 18.3 Å². The van der Waals surface area contributed by atoms with Crippen LogP contribution in [0.2, 0.25) is 0 Å². The summed E-state index contributed by atoms with van der Waals surface area (Å²) in [6.45, 7) is 1.89. The molecule has 5 nitrogen and oxygen atoms in total. The van der Waals surface area contributed by atoms with Crippen LogP contribution in [0.3, 0.4) is 0 Å². The number of hydrogen-bond donors (Lipinski definition) is 2. The molecule has 92 valence electrons. The minimum atomic E-state index is -0.0576. The minimum Gasteiger partial charge on any atom is -0.394 e. The van der Waals surface area contributed by atoms with E-state index in [-0.39, 0.29) is 12.6 Å². The second kappa shape index (κ2) is 5.39. The van der Waals surface area contributed by atoms with Crippen molar-refractivity contribution < 1.29 is 9.84 Å². The summed E-state index contributed by atoms with van der Waals surface area (Å²) in [6.07, 6.45) is 1.67. The second-order valence-corrected chi connectivity index (χ2v) is 4.31. The van der Waals surface area contributed by atoms with Gasteiger partial charge in [0.25, 0.3) is 0 Å². The molecule has 1 aliphatic heterocycles. The molecule has 1 atom stereocenters. The van der Waals surface area contributed by atoms with Crippen LogP contribution in [-0.2, 0) is 4.74 Å². The van der Waals surface area contributed by atoms with E-state index in [0.29, 0.717) is 24.7 Å². The number of aliphatic hydroxyl groups is 1. The summed E-state index contributed by atoms with van der Waals surface area (Å²) in [5.41, 5.74) is 6.38. The summed E-state index contributed by atoms with van der Waals surface area (Å²) in [7, 11) is 0. The van der Waals surface area contributed by atoms with Gasteiger partial charge in [-0.25, -0.2) is 4.98 Å². The zero-order valence-corrected chi connectivity index (χ0v) is 10.2.